The first-order valence-corrected chi connectivity index (χ1v) is 5.54. The lowest BCUT2D eigenvalue weighted by Gasteiger charge is -2.15. The van der Waals surface area contributed by atoms with Gasteiger partial charge in [0.25, 0.3) is 5.92 Å². The number of hydrogen-bond acceptors (Lipinski definition) is 1. The molecular formula is C13H14F2O2. The van der Waals surface area contributed by atoms with E-state index in [0.29, 0.717) is 0 Å². The molecule has 1 aromatic carbocycles. The van der Waals surface area contributed by atoms with Crippen LogP contribution in [0.5, 0.6) is 0 Å². The Morgan fingerprint density at radius 2 is 1.88 bits per heavy atom. The number of rotatable bonds is 4. The van der Waals surface area contributed by atoms with Crippen LogP contribution >= 0.6 is 0 Å². The molecule has 2 nitrogen and oxygen atoms in total. The van der Waals surface area contributed by atoms with E-state index in [0.717, 1.165) is 25.3 Å². The molecule has 0 amide bonds. The van der Waals surface area contributed by atoms with E-state index < -0.39 is 11.9 Å². The van der Waals surface area contributed by atoms with E-state index >= 15 is 0 Å². The molecule has 4 heteroatoms. The summed E-state index contributed by atoms with van der Waals surface area (Å²) in [5.41, 5.74) is 0.508. The van der Waals surface area contributed by atoms with Gasteiger partial charge in [-0.2, -0.15) is 0 Å². The lowest BCUT2D eigenvalue weighted by molar-refractivity contribution is -0.137. The number of alkyl halides is 2. The second-order valence-corrected chi connectivity index (χ2v) is 4.82. The fourth-order valence-corrected chi connectivity index (χ4v) is 2.12. The van der Waals surface area contributed by atoms with Crippen LogP contribution in [0.1, 0.15) is 37.3 Å². The minimum absolute atomic E-state index is 0.0348. The maximum atomic E-state index is 13.0. The highest BCUT2D eigenvalue weighted by molar-refractivity contribution is 5.70. The van der Waals surface area contributed by atoms with Gasteiger partial charge in [-0.05, 0) is 18.4 Å². The first-order chi connectivity index (χ1) is 7.83. The number of carboxylic acid groups (broad SMARTS) is 1. The number of aliphatic carboxylic acids is 1. The highest BCUT2D eigenvalue weighted by Crippen LogP contribution is 2.51. The fraction of sp³-hybridized carbons (Fsp3) is 0.462. The Labute approximate surface area is 98.3 Å². The van der Waals surface area contributed by atoms with Crippen molar-refractivity contribution in [2.45, 2.75) is 37.5 Å². The zero-order valence-corrected chi connectivity index (χ0v) is 9.54. The van der Waals surface area contributed by atoms with E-state index in [1.54, 1.807) is 12.1 Å². The van der Waals surface area contributed by atoms with Crippen LogP contribution in [0.15, 0.2) is 24.3 Å². The van der Waals surface area contributed by atoms with E-state index in [2.05, 4.69) is 0 Å². The van der Waals surface area contributed by atoms with Crippen molar-refractivity contribution < 1.29 is 18.7 Å². The van der Waals surface area contributed by atoms with Gasteiger partial charge in [0.2, 0.25) is 0 Å². The maximum Gasteiger partial charge on any atom is 0.304 e. The number of benzene rings is 1. The molecule has 0 bridgehead atoms. The molecule has 0 saturated heterocycles. The smallest absolute Gasteiger partial charge is 0.304 e. The van der Waals surface area contributed by atoms with Gasteiger partial charge in [-0.3, -0.25) is 4.79 Å². The first kappa shape index (κ1) is 12.0. The van der Waals surface area contributed by atoms with Gasteiger partial charge in [-0.25, -0.2) is 8.78 Å². The summed E-state index contributed by atoms with van der Waals surface area (Å²) in [6, 6.07) is 6.03. The molecule has 0 radical (unpaired) electrons. The summed E-state index contributed by atoms with van der Waals surface area (Å²) < 4.78 is 26.0. The third-order valence-electron chi connectivity index (χ3n) is 3.35. The zero-order chi connectivity index (χ0) is 12.7. The summed E-state index contributed by atoms with van der Waals surface area (Å²) in [5, 5.41) is 8.81. The lowest BCUT2D eigenvalue weighted by Crippen LogP contribution is -2.14. The molecule has 92 valence electrons. The van der Waals surface area contributed by atoms with Gasteiger partial charge >= 0.3 is 5.97 Å². The second-order valence-electron chi connectivity index (χ2n) is 4.82. The molecule has 1 aliphatic rings. The molecule has 17 heavy (non-hydrogen) atoms. The molecule has 1 fully saturated rings. The van der Waals surface area contributed by atoms with Crippen molar-refractivity contribution in [2.75, 3.05) is 0 Å². The highest BCUT2D eigenvalue weighted by Gasteiger charge is 2.46. The highest BCUT2D eigenvalue weighted by atomic mass is 19.3. The second kappa shape index (κ2) is 3.79. The monoisotopic (exact) mass is 240 g/mol. The summed E-state index contributed by atoms with van der Waals surface area (Å²) in [4.78, 5) is 10.7. The van der Waals surface area contributed by atoms with Gasteiger partial charge in [-0.15, -0.1) is 0 Å². The van der Waals surface area contributed by atoms with Crippen LogP contribution in [0.3, 0.4) is 0 Å². The molecule has 0 atom stereocenters. The Kier molecular flexibility index (Phi) is 2.68. The number of halogens is 2. The first-order valence-electron chi connectivity index (χ1n) is 5.54. The van der Waals surface area contributed by atoms with Crippen LogP contribution in [0.4, 0.5) is 8.78 Å². The fourth-order valence-electron chi connectivity index (χ4n) is 2.12. The molecule has 0 aliphatic heterocycles. The van der Waals surface area contributed by atoms with Crippen molar-refractivity contribution in [1.29, 1.82) is 0 Å². The largest absolute Gasteiger partial charge is 0.481 e. The lowest BCUT2D eigenvalue weighted by atomic mass is 9.91. The Bertz CT molecular complexity index is 428. The van der Waals surface area contributed by atoms with Crippen LogP contribution < -0.4 is 0 Å². The van der Waals surface area contributed by atoms with E-state index in [-0.39, 0.29) is 17.4 Å². The van der Waals surface area contributed by atoms with Crippen molar-refractivity contribution in [3.63, 3.8) is 0 Å². The van der Waals surface area contributed by atoms with Gasteiger partial charge in [0, 0.05) is 17.9 Å². The predicted molar refractivity (Wildman–Crippen MR) is 59.2 cm³/mol. The van der Waals surface area contributed by atoms with E-state index in [9.17, 15) is 13.6 Å². The third kappa shape index (κ3) is 2.46. The number of hydrogen-bond donors (Lipinski definition) is 1. The van der Waals surface area contributed by atoms with Gasteiger partial charge in [0.1, 0.15) is 0 Å². The molecule has 1 saturated carbocycles. The Morgan fingerprint density at radius 1 is 1.35 bits per heavy atom. The zero-order valence-electron chi connectivity index (χ0n) is 9.54. The summed E-state index contributed by atoms with van der Waals surface area (Å²) in [6.45, 7) is 0.853. The minimum atomic E-state index is -2.85. The maximum absolute atomic E-state index is 13.0. The number of carbonyl (C=O) groups is 1. The van der Waals surface area contributed by atoms with Crippen LogP contribution in [0.2, 0.25) is 0 Å². The Hall–Kier alpha value is -1.45. The van der Waals surface area contributed by atoms with Gasteiger partial charge in [0.05, 0.1) is 6.42 Å². The molecule has 0 heterocycles. The SMILES string of the molecule is CC(F)(F)c1ccc(C2(CC(=O)O)CC2)cc1. The quantitative estimate of drug-likeness (QED) is 0.876. The Balaban J connectivity index is 2.22. The average Bonchev–Trinajstić information content (AvgIpc) is 2.97. The van der Waals surface area contributed by atoms with Crippen LogP contribution in [0.25, 0.3) is 0 Å². The summed E-state index contributed by atoms with van der Waals surface area (Å²) in [5.74, 6) is -3.69. The summed E-state index contributed by atoms with van der Waals surface area (Å²) in [6.07, 6.45) is 1.72. The molecule has 2 rings (SSSR count). The Morgan fingerprint density at radius 3 is 2.24 bits per heavy atom. The van der Waals surface area contributed by atoms with Crippen LogP contribution in [-0.4, -0.2) is 11.1 Å². The standard InChI is InChI=1S/C13H14F2O2/c1-12(14,15)9-2-4-10(5-3-9)13(6-7-13)8-11(16)17/h2-5H,6-8H2,1H3,(H,16,17). The number of carboxylic acids is 1. The van der Waals surface area contributed by atoms with Crippen molar-refractivity contribution in [1.82, 2.24) is 0 Å². The summed E-state index contributed by atoms with van der Waals surface area (Å²) >= 11 is 0. The molecule has 0 aromatic heterocycles. The molecule has 1 aromatic rings. The van der Waals surface area contributed by atoms with Crippen molar-refractivity contribution in [3.8, 4) is 0 Å². The van der Waals surface area contributed by atoms with E-state index in [4.69, 9.17) is 5.11 Å². The molecule has 0 spiro atoms. The van der Waals surface area contributed by atoms with Crippen molar-refractivity contribution in [3.05, 3.63) is 35.4 Å². The molecule has 1 N–H and O–H groups in total. The van der Waals surface area contributed by atoms with Gasteiger partial charge < -0.3 is 5.11 Å². The summed E-state index contributed by atoms with van der Waals surface area (Å²) in [7, 11) is 0. The topological polar surface area (TPSA) is 37.3 Å². The molecular weight excluding hydrogens is 226 g/mol. The third-order valence-corrected chi connectivity index (χ3v) is 3.35. The van der Waals surface area contributed by atoms with Crippen molar-refractivity contribution in [2.24, 2.45) is 0 Å². The van der Waals surface area contributed by atoms with Gasteiger partial charge in [0.15, 0.2) is 0 Å². The normalized spacial score (nSPS) is 17.8. The van der Waals surface area contributed by atoms with Crippen molar-refractivity contribution >= 4 is 5.97 Å². The van der Waals surface area contributed by atoms with Gasteiger partial charge in [-0.1, -0.05) is 24.3 Å². The van der Waals surface area contributed by atoms with E-state index in [1.807, 2.05) is 0 Å². The average molecular weight is 240 g/mol. The molecule has 1 aliphatic carbocycles. The molecule has 0 unspecified atom stereocenters. The minimum Gasteiger partial charge on any atom is -0.481 e. The predicted octanol–water partition coefficient (Wildman–Crippen LogP) is 3.30. The van der Waals surface area contributed by atoms with E-state index in [1.165, 1.54) is 12.1 Å². The van der Waals surface area contributed by atoms with Crippen LogP contribution in [-0.2, 0) is 16.1 Å². The van der Waals surface area contributed by atoms with Crippen LogP contribution in [0, 0.1) is 0 Å².